The van der Waals surface area contributed by atoms with Gasteiger partial charge in [-0.3, -0.25) is 4.79 Å². The Morgan fingerprint density at radius 2 is 2.16 bits per heavy atom. The van der Waals surface area contributed by atoms with Gasteiger partial charge in [0.1, 0.15) is 17.6 Å². The second-order valence-electron chi connectivity index (χ2n) is 3.91. The number of rotatable bonds is 2. The molecule has 0 aliphatic rings. The van der Waals surface area contributed by atoms with E-state index in [1.165, 1.54) is 30.5 Å². The van der Waals surface area contributed by atoms with Crippen LogP contribution in [0.5, 0.6) is 0 Å². The summed E-state index contributed by atoms with van der Waals surface area (Å²) in [5.41, 5.74) is 1.31. The maximum Gasteiger partial charge on any atom is 0.274 e. The van der Waals surface area contributed by atoms with Crippen molar-refractivity contribution in [1.29, 1.82) is 5.26 Å². The summed E-state index contributed by atoms with van der Waals surface area (Å²) in [5, 5.41) is 11.2. The Hall–Kier alpha value is -2.74. The van der Waals surface area contributed by atoms with Gasteiger partial charge in [-0.25, -0.2) is 9.37 Å². The summed E-state index contributed by atoms with van der Waals surface area (Å²) in [6.07, 6.45) is 1.31. The molecular formula is C14H10FN3O. The van der Waals surface area contributed by atoms with E-state index in [0.29, 0.717) is 16.8 Å². The molecule has 1 N–H and O–H groups in total. The number of anilines is 1. The van der Waals surface area contributed by atoms with Crippen molar-refractivity contribution in [1.82, 2.24) is 4.98 Å². The number of hydrogen-bond acceptors (Lipinski definition) is 3. The molecule has 4 nitrogen and oxygen atoms in total. The molecule has 1 heterocycles. The van der Waals surface area contributed by atoms with Gasteiger partial charge >= 0.3 is 0 Å². The minimum absolute atomic E-state index is 0.169. The Labute approximate surface area is 109 Å². The molecule has 0 bridgehead atoms. The molecule has 1 amide bonds. The van der Waals surface area contributed by atoms with Gasteiger partial charge in [0.2, 0.25) is 0 Å². The zero-order valence-electron chi connectivity index (χ0n) is 10.1. The molecule has 2 aromatic rings. The van der Waals surface area contributed by atoms with Crippen molar-refractivity contribution in [2.75, 3.05) is 5.32 Å². The lowest BCUT2D eigenvalue weighted by Crippen LogP contribution is -2.14. The molecule has 1 aromatic heterocycles. The van der Waals surface area contributed by atoms with Crippen LogP contribution in [0.1, 0.15) is 21.6 Å². The molecule has 0 atom stereocenters. The van der Waals surface area contributed by atoms with Gasteiger partial charge in [-0.15, -0.1) is 0 Å². The van der Waals surface area contributed by atoms with Gasteiger partial charge in [0.15, 0.2) is 0 Å². The summed E-state index contributed by atoms with van der Waals surface area (Å²) in [6, 6.07) is 9.32. The molecule has 0 fully saturated rings. The fourth-order valence-corrected chi connectivity index (χ4v) is 1.52. The van der Waals surface area contributed by atoms with Crippen LogP contribution in [0.15, 0.2) is 36.5 Å². The minimum atomic E-state index is -0.446. The minimum Gasteiger partial charge on any atom is -0.320 e. The standard InChI is InChI=1S/C14H10FN3O/c1-9-11(15)3-2-4-12(9)18-14(19)13-6-5-10(7-16)8-17-13/h2-6,8H,1H3,(H,18,19). The highest BCUT2D eigenvalue weighted by Crippen LogP contribution is 2.18. The first-order chi connectivity index (χ1) is 9.11. The molecular weight excluding hydrogens is 245 g/mol. The summed E-state index contributed by atoms with van der Waals surface area (Å²) >= 11 is 0. The lowest BCUT2D eigenvalue weighted by molar-refractivity contribution is 0.102. The van der Waals surface area contributed by atoms with Gasteiger partial charge in [0, 0.05) is 17.4 Å². The van der Waals surface area contributed by atoms with Crippen molar-refractivity contribution >= 4 is 11.6 Å². The lowest BCUT2D eigenvalue weighted by Gasteiger charge is -2.08. The van der Waals surface area contributed by atoms with Gasteiger partial charge < -0.3 is 5.32 Å². The van der Waals surface area contributed by atoms with E-state index in [1.807, 2.05) is 6.07 Å². The molecule has 0 spiro atoms. The monoisotopic (exact) mass is 255 g/mol. The number of aromatic nitrogens is 1. The lowest BCUT2D eigenvalue weighted by atomic mass is 10.2. The third-order valence-electron chi connectivity index (χ3n) is 2.64. The van der Waals surface area contributed by atoms with E-state index in [-0.39, 0.29) is 11.5 Å². The Morgan fingerprint density at radius 3 is 2.79 bits per heavy atom. The number of hydrogen-bond donors (Lipinski definition) is 1. The molecule has 19 heavy (non-hydrogen) atoms. The smallest absolute Gasteiger partial charge is 0.274 e. The van der Waals surface area contributed by atoms with Crippen molar-refractivity contribution in [3.8, 4) is 6.07 Å². The maximum absolute atomic E-state index is 13.3. The molecule has 1 aromatic carbocycles. The number of carbonyl (C=O) groups excluding carboxylic acids is 1. The fraction of sp³-hybridized carbons (Fsp3) is 0.0714. The van der Waals surface area contributed by atoms with Gasteiger partial charge in [-0.05, 0) is 31.2 Å². The number of halogens is 1. The number of nitrogens with zero attached hydrogens (tertiary/aromatic N) is 2. The van der Waals surface area contributed by atoms with E-state index in [1.54, 1.807) is 13.0 Å². The summed E-state index contributed by atoms with van der Waals surface area (Å²) in [5.74, 6) is -0.830. The molecule has 0 aliphatic carbocycles. The van der Waals surface area contributed by atoms with Crippen LogP contribution in [0.4, 0.5) is 10.1 Å². The molecule has 0 radical (unpaired) electrons. The molecule has 2 rings (SSSR count). The van der Waals surface area contributed by atoms with Gasteiger partial charge in [0.05, 0.1) is 5.56 Å². The average molecular weight is 255 g/mol. The van der Waals surface area contributed by atoms with Crippen LogP contribution in [0, 0.1) is 24.1 Å². The van der Waals surface area contributed by atoms with E-state index in [2.05, 4.69) is 10.3 Å². The van der Waals surface area contributed by atoms with Crippen molar-refractivity contribution in [3.63, 3.8) is 0 Å². The molecule has 94 valence electrons. The molecule has 0 aliphatic heterocycles. The normalized spacial score (nSPS) is 9.74. The van der Waals surface area contributed by atoms with Crippen LogP contribution in [0.2, 0.25) is 0 Å². The van der Waals surface area contributed by atoms with Crippen LogP contribution in [0.25, 0.3) is 0 Å². The quantitative estimate of drug-likeness (QED) is 0.897. The second-order valence-corrected chi connectivity index (χ2v) is 3.91. The highest BCUT2D eigenvalue weighted by atomic mass is 19.1. The molecule has 0 saturated carbocycles. The SMILES string of the molecule is Cc1c(F)cccc1NC(=O)c1ccc(C#N)cn1. The summed E-state index contributed by atoms with van der Waals surface area (Å²) < 4.78 is 13.3. The zero-order valence-corrected chi connectivity index (χ0v) is 10.1. The van der Waals surface area contributed by atoms with E-state index < -0.39 is 5.91 Å². The predicted molar refractivity (Wildman–Crippen MR) is 68.0 cm³/mol. The molecule has 0 saturated heterocycles. The number of benzene rings is 1. The molecule has 0 unspecified atom stereocenters. The van der Waals surface area contributed by atoms with Crippen molar-refractivity contribution in [3.05, 3.63) is 59.2 Å². The summed E-state index contributed by atoms with van der Waals surface area (Å²) in [4.78, 5) is 15.8. The van der Waals surface area contributed by atoms with E-state index in [9.17, 15) is 9.18 Å². The largest absolute Gasteiger partial charge is 0.320 e. The first kappa shape index (κ1) is 12.7. The number of pyridine rings is 1. The van der Waals surface area contributed by atoms with Crippen LogP contribution in [0.3, 0.4) is 0 Å². The number of nitrogens with one attached hydrogen (secondary N) is 1. The topological polar surface area (TPSA) is 65.8 Å². The first-order valence-corrected chi connectivity index (χ1v) is 5.54. The maximum atomic E-state index is 13.3. The third kappa shape index (κ3) is 2.75. The Bertz CT molecular complexity index is 659. The first-order valence-electron chi connectivity index (χ1n) is 5.54. The van der Waals surface area contributed by atoms with Crippen LogP contribution in [-0.2, 0) is 0 Å². The van der Waals surface area contributed by atoms with Gasteiger partial charge in [0.25, 0.3) is 5.91 Å². The third-order valence-corrected chi connectivity index (χ3v) is 2.64. The fourth-order valence-electron chi connectivity index (χ4n) is 1.52. The van der Waals surface area contributed by atoms with Crippen molar-refractivity contribution in [2.45, 2.75) is 6.92 Å². The highest BCUT2D eigenvalue weighted by Gasteiger charge is 2.10. The number of amides is 1. The van der Waals surface area contributed by atoms with Crippen LogP contribution in [-0.4, -0.2) is 10.9 Å². The Kier molecular flexibility index (Phi) is 3.53. The van der Waals surface area contributed by atoms with Crippen LogP contribution < -0.4 is 5.32 Å². The average Bonchev–Trinajstić information content (AvgIpc) is 2.44. The predicted octanol–water partition coefficient (Wildman–Crippen LogP) is 2.65. The van der Waals surface area contributed by atoms with Crippen molar-refractivity contribution in [2.24, 2.45) is 0 Å². The van der Waals surface area contributed by atoms with E-state index in [4.69, 9.17) is 5.26 Å². The Balaban J connectivity index is 2.21. The summed E-state index contributed by atoms with van der Waals surface area (Å²) in [7, 11) is 0. The van der Waals surface area contributed by atoms with E-state index >= 15 is 0 Å². The van der Waals surface area contributed by atoms with Gasteiger partial charge in [-0.2, -0.15) is 5.26 Å². The van der Waals surface area contributed by atoms with Gasteiger partial charge in [-0.1, -0.05) is 6.07 Å². The van der Waals surface area contributed by atoms with E-state index in [0.717, 1.165) is 0 Å². The number of nitriles is 1. The zero-order chi connectivity index (χ0) is 13.8. The molecule has 5 heteroatoms. The van der Waals surface area contributed by atoms with Crippen molar-refractivity contribution < 1.29 is 9.18 Å². The van der Waals surface area contributed by atoms with Crippen LogP contribution >= 0.6 is 0 Å². The summed E-state index contributed by atoms with van der Waals surface area (Å²) in [6.45, 7) is 1.58. The number of carbonyl (C=O) groups is 1. The Morgan fingerprint density at radius 1 is 1.37 bits per heavy atom. The second kappa shape index (κ2) is 5.27. The highest BCUT2D eigenvalue weighted by molar-refractivity contribution is 6.03.